The highest BCUT2D eigenvalue weighted by Gasteiger charge is 2.27. The van der Waals surface area contributed by atoms with E-state index in [1.165, 1.54) is 0 Å². The van der Waals surface area contributed by atoms with E-state index in [0.717, 1.165) is 50.4 Å². The molecule has 0 unspecified atom stereocenters. The highest BCUT2D eigenvalue weighted by molar-refractivity contribution is 5.94. The Labute approximate surface area is 121 Å². The first kappa shape index (κ1) is 14.9. The molecule has 4 heteroatoms. The third-order valence-corrected chi connectivity index (χ3v) is 3.67. The standard InChI is InChI=1S/C16H24N2O2/c1-3-5-10-20-15-8-6-13(7-9-15)16(19)18(4-2)14-11-17-12-14/h6-9,14,17H,3-5,10-12H2,1-2H3. The van der Waals surface area contributed by atoms with E-state index in [1.807, 2.05) is 36.1 Å². The molecule has 2 rings (SSSR count). The van der Waals surface area contributed by atoms with Gasteiger partial charge in [0.05, 0.1) is 12.6 Å². The second-order valence-corrected chi connectivity index (χ2v) is 5.13. The number of carbonyl (C=O) groups excluding carboxylic acids is 1. The van der Waals surface area contributed by atoms with Gasteiger partial charge in [0.15, 0.2) is 0 Å². The largest absolute Gasteiger partial charge is 0.494 e. The summed E-state index contributed by atoms with van der Waals surface area (Å²) in [6, 6.07) is 7.83. The van der Waals surface area contributed by atoms with E-state index < -0.39 is 0 Å². The Bertz CT molecular complexity index is 427. The number of likely N-dealkylation sites (N-methyl/N-ethyl adjacent to an activating group) is 1. The molecule has 110 valence electrons. The van der Waals surface area contributed by atoms with Crippen LogP contribution in [0.15, 0.2) is 24.3 Å². The molecule has 0 aliphatic carbocycles. The summed E-state index contributed by atoms with van der Waals surface area (Å²) in [5.74, 6) is 0.947. The topological polar surface area (TPSA) is 41.6 Å². The van der Waals surface area contributed by atoms with Crippen LogP contribution in [0.2, 0.25) is 0 Å². The van der Waals surface area contributed by atoms with Crippen LogP contribution in [0.1, 0.15) is 37.0 Å². The monoisotopic (exact) mass is 276 g/mol. The fourth-order valence-electron chi connectivity index (χ4n) is 2.26. The van der Waals surface area contributed by atoms with E-state index in [-0.39, 0.29) is 5.91 Å². The first-order valence-corrected chi connectivity index (χ1v) is 7.50. The van der Waals surface area contributed by atoms with Crippen molar-refractivity contribution in [3.8, 4) is 5.75 Å². The van der Waals surface area contributed by atoms with Gasteiger partial charge >= 0.3 is 0 Å². The minimum absolute atomic E-state index is 0.110. The molecule has 1 fully saturated rings. The Morgan fingerprint density at radius 3 is 2.50 bits per heavy atom. The molecule has 1 aromatic carbocycles. The van der Waals surface area contributed by atoms with Crippen molar-refractivity contribution in [3.05, 3.63) is 29.8 Å². The van der Waals surface area contributed by atoms with Gasteiger partial charge in [-0.1, -0.05) is 13.3 Å². The van der Waals surface area contributed by atoms with Crippen molar-refractivity contribution in [3.63, 3.8) is 0 Å². The van der Waals surface area contributed by atoms with Crippen molar-refractivity contribution < 1.29 is 9.53 Å². The van der Waals surface area contributed by atoms with Gasteiger partial charge in [-0.25, -0.2) is 0 Å². The molecule has 0 saturated carbocycles. The van der Waals surface area contributed by atoms with Gasteiger partial charge in [-0.05, 0) is 37.6 Å². The van der Waals surface area contributed by atoms with Crippen LogP contribution in [0.3, 0.4) is 0 Å². The minimum atomic E-state index is 0.110. The fourth-order valence-corrected chi connectivity index (χ4v) is 2.26. The number of amides is 1. The Hall–Kier alpha value is -1.55. The molecule has 0 radical (unpaired) electrons. The normalized spacial score (nSPS) is 14.7. The maximum absolute atomic E-state index is 12.4. The molecule has 1 saturated heterocycles. The molecule has 4 nitrogen and oxygen atoms in total. The van der Waals surface area contributed by atoms with Crippen LogP contribution in [0, 0.1) is 0 Å². The zero-order valence-electron chi connectivity index (χ0n) is 12.4. The summed E-state index contributed by atoms with van der Waals surface area (Å²) >= 11 is 0. The molecule has 0 atom stereocenters. The Morgan fingerprint density at radius 2 is 2.00 bits per heavy atom. The SMILES string of the molecule is CCCCOc1ccc(C(=O)N(CC)C2CNC2)cc1. The zero-order chi connectivity index (χ0) is 14.4. The number of nitrogens with one attached hydrogen (secondary N) is 1. The molecule has 1 amide bonds. The van der Waals surface area contributed by atoms with Gasteiger partial charge in [-0.3, -0.25) is 4.79 Å². The van der Waals surface area contributed by atoms with Gasteiger partial charge in [-0.2, -0.15) is 0 Å². The maximum atomic E-state index is 12.4. The highest BCUT2D eigenvalue weighted by Crippen LogP contribution is 2.16. The van der Waals surface area contributed by atoms with Crippen LogP contribution in [0.25, 0.3) is 0 Å². The average Bonchev–Trinajstić information content (AvgIpc) is 2.43. The third-order valence-electron chi connectivity index (χ3n) is 3.67. The summed E-state index contributed by atoms with van der Waals surface area (Å²) < 4.78 is 5.61. The van der Waals surface area contributed by atoms with Crippen LogP contribution < -0.4 is 10.1 Å². The lowest BCUT2D eigenvalue weighted by molar-refractivity contribution is 0.0630. The van der Waals surface area contributed by atoms with Crippen molar-refractivity contribution in [1.29, 1.82) is 0 Å². The van der Waals surface area contributed by atoms with Gasteiger partial charge in [-0.15, -0.1) is 0 Å². The van der Waals surface area contributed by atoms with E-state index in [0.29, 0.717) is 6.04 Å². The molecular weight excluding hydrogens is 252 g/mol. The zero-order valence-corrected chi connectivity index (χ0v) is 12.4. The average molecular weight is 276 g/mol. The van der Waals surface area contributed by atoms with Crippen LogP contribution in [-0.2, 0) is 0 Å². The lowest BCUT2D eigenvalue weighted by atomic mass is 10.1. The summed E-state index contributed by atoms with van der Waals surface area (Å²) in [5.41, 5.74) is 0.738. The maximum Gasteiger partial charge on any atom is 0.254 e. The molecule has 1 aliphatic rings. The molecule has 0 aromatic heterocycles. The van der Waals surface area contributed by atoms with E-state index in [4.69, 9.17) is 4.74 Å². The van der Waals surface area contributed by atoms with Crippen molar-refractivity contribution in [1.82, 2.24) is 10.2 Å². The number of ether oxygens (including phenoxy) is 1. The van der Waals surface area contributed by atoms with Crippen LogP contribution in [-0.4, -0.2) is 43.1 Å². The number of unbranched alkanes of at least 4 members (excludes halogenated alkanes) is 1. The summed E-state index contributed by atoms with van der Waals surface area (Å²) in [7, 11) is 0. The molecule has 1 aromatic rings. The number of rotatable bonds is 7. The van der Waals surface area contributed by atoms with Crippen molar-refractivity contribution in [2.75, 3.05) is 26.2 Å². The summed E-state index contributed by atoms with van der Waals surface area (Å²) in [6.07, 6.45) is 2.18. The molecule has 1 N–H and O–H groups in total. The lowest BCUT2D eigenvalue weighted by Gasteiger charge is -2.37. The van der Waals surface area contributed by atoms with E-state index in [2.05, 4.69) is 12.2 Å². The Kier molecular flexibility index (Phi) is 5.41. The molecule has 1 aliphatic heterocycles. The van der Waals surface area contributed by atoms with E-state index >= 15 is 0 Å². The Balaban J connectivity index is 1.95. The smallest absolute Gasteiger partial charge is 0.254 e. The van der Waals surface area contributed by atoms with Crippen molar-refractivity contribution in [2.45, 2.75) is 32.7 Å². The second-order valence-electron chi connectivity index (χ2n) is 5.13. The van der Waals surface area contributed by atoms with Gasteiger partial charge in [0.2, 0.25) is 0 Å². The van der Waals surface area contributed by atoms with Crippen molar-refractivity contribution in [2.24, 2.45) is 0 Å². The predicted octanol–water partition coefficient (Wildman–Crippen LogP) is 2.30. The first-order valence-electron chi connectivity index (χ1n) is 7.50. The number of hydrogen-bond donors (Lipinski definition) is 1. The fraction of sp³-hybridized carbons (Fsp3) is 0.562. The lowest BCUT2D eigenvalue weighted by Crippen LogP contribution is -2.58. The molecule has 0 spiro atoms. The highest BCUT2D eigenvalue weighted by atomic mass is 16.5. The summed E-state index contributed by atoms with van der Waals surface area (Å²) in [5, 5.41) is 3.21. The van der Waals surface area contributed by atoms with E-state index in [1.54, 1.807) is 0 Å². The molecule has 0 bridgehead atoms. The number of nitrogens with zero attached hydrogens (tertiary/aromatic N) is 1. The second kappa shape index (κ2) is 7.29. The molecule has 20 heavy (non-hydrogen) atoms. The van der Waals surface area contributed by atoms with Crippen LogP contribution in [0.4, 0.5) is 0 Å². The van der Waals surface area contributed by atoms with Crippen molar-refractivity contribution >= 4 is 5.91 Å². The first-order chi connectivity index (χ1) is 9.76. The van der Waals surface area contributed by atoms with Gasteiger partial charge in [0.25, 0.3) is 5.91 Å². The summed E-state index contributed by atoms with van der Waals surface area (Å²) in [6.45, 7) is 7.45. The third kappa shape index (κ3) is 3.51. The van der Waals surface area contributed by atoms with Gasteiger partial charge in [0, 0.05) is 25.2 Å². The van der Waals surface area contributed by atoms with Gasteiger partial charge < -0.3 is 15.0 Å². The quantitative estimate of drug-likeness (QED) is 0.777. The van der Waals surface area contributed by atoms with Crippen LogP contribution in [0.5, 0.6) is 5.75 Å². The molecule has 1 heterocycles. The number of benzene rings is 1. The molecular formula is C16H24N2O2. The predicted molar refractivity (Wildman–Crippen MR) is 80.2 cm³/mol. The Morgan fingerprint density at radius 1 is 1.30 bits per heavy atom. The number of hydrogen-bond acceptors (Lipinski definition) is 3. The van der Waals surface area contributed by atoms with E-state index in [9.17, 15) is 4.79 Å². The number of carbonyl (C=O) groups is 1. The minimum Gasteiger partial charge on any atom is -0.494 e. The summed E-state index contributed by atoms with van der Waals surface area (Å²) in [4.78, 5) is 14.4. The van der Waals surface area contributed by atoms with Gasteiger partial charge in [0.1, 0.15) is 5.75 Å². The van der Waals surface area contributed by atoms with Crippen LogP contribution >= 0.6 is 0 Å².